The topological polar surface area (TPSA) is 24.9 Å². The van der Waals surface area contributed by atoms with Gasteiger partial charge in [-0.2, -0.15) is 0 Å². The maximum absolute atomic E-state index is 6.29. The zero-order chi connectivity index (χ0) is 14.7. The Morgan fingerprint density at radius 1 is 1.05 bits per heavy atom. The molecule has 0 saturated carbocycles. The van der Waals surface area contributed by atoms with Crippen LogP contribution in [0.2, 0.25) is 5.02 Å². The highest BCUT2D eigenvalue weighted by Gasteiger charge is 2.15. The molecule has 0 saturated heterocycles. The summed E-state index contributed by atoms with van der Waals surface area (Å²) >= 11 is 7.98. The molecule has 2 nitrogen and oxygen atoms in total. The van der Waals surface area contributed by atoms with E-state index in [9.17, 15) is 0 Å². The Morgan fingerprint density at radius 2 is 1.76 bits per heavy atom. The summed E-state index contributed by atoms with van der Waals surface area (Å²) in [6.07, 6.45) is 0. The summed E-state index contributed by atoms with van der Waals surface area (Å²) in [5.74, 6) is 0. The molecule has 3 aromatic rings. The molecule has 0 unspecified atom stereocenters. The lowest BCUT2D eigenvalue weighted by Crippen LogP contribution is -2.06. The van der Waals surface area contributed by atoms with Crippen molar-refractivity contribution in [1.82, 2.24) is 10.3 Å². The summed E-state index contributed by atoms with van der Waals surface area (Å²) in [6, 6.07) is 18.2. The van der Waals surface area contributed by atoms with E-state index >= 15 is 0 Å². The summed E-state index contributed by atoms with van der Waals surface area (Å²) < 4.78 is 0. The van der Waals surface area contributed by atoms with Crippen LogP contribution in [0.4, 0.5) is 0 Å². The first-order chi connectivity index (χ1) is 10.3. The smallest absolute Gasteiger partial charge is 0.125 e. The molecule has 0 spiro atoms. The Hall–Kier alpha value is -1.68. The van der Waals surface area contributed by atoms with Crippen LogP contribution < -0.4 is 5.32 Å². The van der Waals surface area contributed by atoms with Gasteiger partial charge in [-0.05, 0) is 18.7 Å². The molecule has 4 heteroatoms. The van der Waals surface area contributed by atoms with Crippen molar-refractivity contribution in [3.63, 3.8) is 0 Å². The number of hydrogen-bond donors (Lipinski definition) is 1. The molecule has 0 aliphatic heterocycles. The zero-order valence-corrected chi connectivity index (χ0v) is 13.2. The van der Waals surface area contributed by atoms with E-state index in [1.54, 1.807) is 11.3 Å². The predicted molar refractivity (Wildman–Crippen MR) is 90.8 cm³/mol. The van der Waals surface area contributed by atoms with Gasteiger partial charge in [0, 0.05) is 12.1 Å². The first-order valence-corrected chi connectivity index (χ1v) is 7.93. The molecule has 2 aromatic carbocycles. The number of halogens is 1. The highest BCUT2D eigenvalue weighted by atomic mass is 35.5. The lowest BCUT2D eigenvalue weighted by atomic mass is 10.1. The minimum atomic E-state index is 0.738. The minimum Gasteiger partial charge on any atom is -0.314 e. The molecule has 0 amide bonds. The van der Waals surface area contributed by atoms with Gasteiger partial charge in [0.2, 0.25) is 0 Å². The van der Waals surface area contributed by atoms with E-state index in [1.165, 1.54) is 10.4 Å². The average Bonchev–Trinajstić information content (AvgIpc) is 2.93. The van der Waals surface area contributed by atoms with Crippen molar-refractivity contribution in [3.05, 3.63) is 65.3 Å². The fourth-order valence-corrected chi connectivity index (χ4v) is 3.61. The molecule has 3 rings (SSSR count). The third-order valence-electron chi connectivity index (χ3n) is 3.18. The van der Waals surface area contributed by atoms with Gasteiger partial charge in [-0.15, -0.1) is 11.3 Å². The number of benzene rings is 2. The molecule has 0 fully saturated rings. The molecule has 0 bridgehead atoms. The summed E-state index contributed by atoms with van der Waals surface area (Å²) in [6.45, 7) is 0.741. The van der Waals surface area contributed by atoms with Gasteiger partial charge in [0.25, 0.3) is 0 Å². The fourth-order valence-electron chi connectivity index (χ4n) is 2.20. The summed E-state index contributed by atoms with van der Waals surface area (Å²) in [4.78, 5) is 5.97. The van der Waals surface area contributed by atoms with Gasteiger partial charge in [0.1, 0.15) is 5.01 Å². The maximum Gasteiger partial charge on any atom is 0.125 e. The van der Waals surface area contributed by atoms with Crippen LogP contribution in [0.3, 0.4) is 0 Å². The molecule has 0 aliphatic carbocycles. The maximum atomic E-state index is 6.29. The van der Waals surface area contributed by atoms with Crippen molar-refractivity contribution in [2.75, 3.05) is 7.05 Å². The summed E-state index contributed by atoms with van der Waals surface area (Å²) in [5.41, 5.74) is 3.24. The van der Waals surface area contributed by atoms with Gasteiger partial charge in [-0.3, -0.25) is 0 Å². The number of thiazole rings is 1. The van der Waals surface area contributed by atoms with E-state index < -0.39 is 0 Å². The SMILES string of the molecule is CNCc1nc(-c2ccccc2Cl)sc1-c1ccccc1. The Labute approximate surface area is 133 Å². The molecule has 106 valence electrons. The Kier molecular flexibility index (Phi) is 4.34. The van der Waals surface area contributed by atoms with Crippen LogP contribution in [0.25, 0.3) is 21.0 Å². The summed E-state index contributed by atoms with van der Waals surface area (Å²) in [5, 5.41) is 4.89. The van der Waals surface area contributed by atoms with Crippen LogP contribution in [0.15, 0.2) is 54.6 Å². The molecule has 1 aromatic heterocycles. The van der Waals surface area contributed by atoms with Crippen LogP contribution >= 0.6 is 22.9 Å². The molecule has 21 heavy (non-hydrogen) atoms. The van der Waals surface area contributed by atoms with Crippen molar-refractivity contribution < 1.29 is 0 Å². The second-order valence-electron chi connectivity index (χ2n) is 4.67. The van der Waals surface area contributed by atoms with E-state index in [0.29, 0.717) is 0 Å². The van der Waals surface area contributed by atoms with Crippen molar-refractivity contribution in [3.8, 4) is 21.0 Å². The van der Waals surface area contributed by atoms with E-state index in [0.717, 1.165) is 27.8 Å². The molecule has 1 heterocycles. The molecule has 0 aliphatic rings. The van der Waals surface area contributed by atoms with Gasteiger partial charge in [-0.1, -0.05) is 60.1 Å². The van der Waals surface area contributed by atoms with Crippen molar-refractivity contribution in [2.24, 2.45) is 0 Å². The Balaban J connectivity index is 2.11. The first kappa shape index (κ1) is 14.3. The van der Waals surface area contributed by atoms with Crippen molar-refractivity contribution in [1.29, 1.82) is 0 Å². The molecule has 1 N–H and O–H groups in total. The molecule has 0 radical (unpaired) electrons. The van der Waals surface area contributed by atoms with Gasteiger partial charge in [0.05, 0.1) is 15.6 Å². The monoisotopic (exact) mass is 314 g/mol. The highest BCUT2D eigenvalue weighted by molar-refractivity contribution is 7.18. The molecule has 0 atom stereocenters. The van der Waals surface area contributed by atoms with Gasteiger partial charge >= 0.3 is 0 Å². The van der Waals surface area contributed by atoms with Crippen molar-refractivity contribution >= 4 is 22.9 Å². The minimum absolute atomic E-state index is 0.738. The third-order valence-corrected chi connectivity index (χ3v) is 4.69. The van der Waals surface area contributed by atoms with Gasteiger partial charge in [0.15, 0.2) is 0 Å². The van der Waals surface area contributed by atoms with Crippen LogP contribution in [0, 0.1) is 0 Å². The van der Waals surface area contributed by atoms with Gasteiger partial charge < -0.3 is 5.32 Å². The lowest BCUT2D eigenvalue weighted by Gasteiger charge is -2.00. The molecular weight excluding hydrogens is 300 g/mol. The average molecular weight is 315 g/mol. The highest BCUT2D eigenvalue weighted by Crippen LogP contribution is 2.37. The van der Waals surface area contributed by atoms with E-state index in [4.69, 9.17) is 16.6 Å². The normalized spacial score (nSPS) is 10.8. The number of nitrogens with zero attached hydrogens (tertiary/aromatic N) is 1. The number of aromatic nitrogens is 1. The van der Waals surface area contributed by atoms with Crippen LogP contribution in [-0.2, 0) is 6.54 Å². The van der Waals surface area contributed by atoms with E-state index in [-0.39, 0.29) is 0 Å². The lowest BCUT2D eigenvalue weighted by molar-refractivity contribution is 0.799. The Bertz CT molecular complexity index is 738. The van der Waals surface area contributed by atoms with Crippen molar-refractivity contribution in [2.45, 2.75) is 6.54 Å². The number of hydrogen-bond acceptors (Lipinski definition) is 3. The number of rotatable bonds is 4. The van der Waals surface area contributed by atoms with Crippen LogP contribution in [-0.4, -0.2) is 12.0 Å². The quantitative estimate of drug-likeness (QED) is 0.744. The standard InChI is InChI=1S/C17H15ClN2S/c1-19-11-15-16(12-7-3-2-4-8-12)21-17(20-15)13-9-5-6-10-14(13)18/h2-10,19H,11H2,1H3. The second kappa shape index (κ2) is 6.39. The Morgan fingerprint density at radius 3 is 2.48 bits per heavy atom. The molecular formula is C17H15ClN2S. The van der Waals surface area contributed by atoms with Crippen LogP contribution in [0.5, 0.6) is 0 Å². The predicted octanol–water partition coefficient (Wildman–Crippen LogP) is 4.85. The second-order valence-corrected chi connectivity index (χ2v) is 6.08. The fraction of sp³-hybridized carbons (Fsp3) is 0.118. The van der Waals surface area contributed by atoms with E-state index in [2.05, 4.69) is 17.4 Å². The zero-order valence-electron chi connectivity index (χ0n) is 11.6. The van der Waals surface area contributed by atoms with Crippen LogP contribution in [0.1, 0.15) is 5.69 Å². The third kappa shape index (κ3) is 3.00. The summed E-state index contributed by atoms with van der Waals surface area (Å²) in [7, 11) is 1.93. The first-order valence-electron chi connectivity index (χ1n) is 6.74. The van der Waals surface area contributed by atoms with Gasteiger partial charge in [-0.25, -0.2) is 4.98 Å². The largest absolute Gasteiger partial charge is 0.314 e. The number of nitrogens with one attached hydrogen (secondary N) is 1. The van der Waals surface area contributed by atoms with E-state index in [1.807, 2.05) is 49.5 Å².